The maximum Gasteiger partial charge on any atom is 0.286 e. The van der Waals surface area contributed by atoms with Crippen LogP contribution in [0.5, 0.6) is 0 Å². The molecule has 2 rings (SSSR count). The molecule has 0 unspecified atom stereocenters. The highest BCUT2D eigenvalue weighted by molar-refractivity contribution is 4.95. The molecule has 0 aromatic rings. The molecule has 0 N–H and O–H groups in total. The number of nitrogens with zero attached hydrogens (tertiary/aromatic N) is 1. The molecule has 0 amide bonds. The van der Waals surface area contributed by atoms with Gasteiger partial charge in [0.25, 0.3) is 6.26 Å². The van der Waals surface area contributed by atoms with Crippen molar-refractivity contribution < 1.29 is 4.74 Å². The van der Waals surface area contributed by atoms with E-state index in [-0.39, 0.29) is 0 Å². The van der Waals surface area contributed by atoms with Crippen LogP contribution >= 0.6 is 0 Å². The zero-order chi connectivity index (χ0) is 8.44. The summed E-state index contributed by atoms with van der Waals surface area (Å²) in [6.07, 6.45) is 9.87. The summed E-state index contributed by atoms with van der Waals surface area (Å²) in [6.45, 7) is 0.642. The highest BCUT2D eigenvalue weighted by Crippen LogP contribution is 2.55. The summed E-state index contributed by atoms with van der Waals surface area (Å²) in [5, 5.41) is 8.24. The molecular formula is C10H15NO. The topological polar surface area (TPSA) is 33.0 Å². The third-order valence-electron chi connectivity index (χ3n) is 3.69. The van der Waals surface area contributed by atoms with Crippen molar-refractivity contribution in [2.75, 3.05) is 6.61 Å². The lowest BCUT2D eigenvalue weighted by molar-refractivity contribution is 0.178. The lowest BCUT2D eigenvalue weighted by Gasteiger charge is -2.25. The third kappa shape index (κ3) is 1.29. The van der Waals surface area contributed by atoms with Gasteiger partial charge in [-0.2, -0.15) is 5.26 Å². The van der Waals surface area contributed by atoms with E-state index in [1.807, 2.05) is 0 Å². The van der Waals surface area contributed by atoms with E-state index < -0.39 is 0 Å². The van der Waals surface area contributed by atoms with Gasteiger partial charge >= 0.3 is 0 Å². The van der Waals surface area contributed by atoms with Crippen LogP contribution in [-0.4, -0.2) is 6.61 Å². The van der Waals surface area contributed by atoms with E-state index in [0.717, 1.165) is 12.3 Å². The van der Waals surface area contributed by atoms with Crippen LogP contribution in [0.15, 0.2) is 0 Å². The van der Waals surface area contributed by atoms with Crippen molar-refractivity contribution in [1.82, 2.24) is 0 Å². The van der Waals surface area contributed by atoms with Crippen molar-refractivity contribution in [2.24, 2.45) is 11.3 Å². The molecule has 0 aromatic carbocycles. The van der Waals surface area contributed by atoms with E-state index in [1.165, 1.54) is 32.1 Å². The van der Waals surface area contributed by atoms with Crippen molar-refractivity contribution in [2.45, 2.75) is 38.5 Å². The Hall–Kier alpha value is -0.710. The summed E-state index contributed by atoms with van der Waals surface area (Å²) in [5.41, 5.74) is 0.585. The molecule has 2 heteroatoms. The van der Waals surface area contributed by atoms with Crippen molar-refractivity contribution in [3.05, 3.63) is 0 Å². The molecule has 0 aromatic heterocycles. The predicted octanol–water partition coefficient (Wildman–Crippen LogP) is 2.45. The Balaban J connectivity index is 1.83. The maximum absolute atomic E-state index is 8.24. The molecule has 0 heterocycles. The number of fused-ring (bicyclic) bond motifs is 2. The first kappa shape index (κ1) is 7.91. The molecule has 12 heavy (non-hydrogen) atoms. The summed E-state index contributed by atoms with van der Waals surface area (Å²) in [7, 11) is 0. The number of ether oxygens (including phenoxy) is 1. The van der Waals surface area contributed by atoms with E-state index in [4.69, 9.17) is 10.00 Å². The number of hydrogen-bond acceptors (Lipinski definition) is 2. The van der Waals surface area contributed by atoms with Crippen LogP contribution in [0.4, 0.5) is 0 Å². The number of rotatable bonds is 3. The molecule has 2 fully saturated rings. The summed E-state index contributed by atoms with van der Waals surface area (Å²) in [5.74, 6) is 1.01. The zero-order valence-corrected chi connectivity index (χ0v) is 7.38. The smallest absolute Gasteiger partial charge is 0.286 e. The second-order valence-electron chi connectivity index (χ2n) is 4.34. The maximum atomic E-state index is 8.24. The Bertz CT molecular complexity index is 198. The molecule has 0 radical (unpaired) electrons. The Morgan fingerprint density at radius 1 is 1.42 bits per heavy atom. The fraction of sp³-hybridized carbons (Fsp3) is 0.900. The Morgan fingerprint density at radius 3 is 2.67 bits per heavy atom. The van der Waals surface area contributed by atoms with Crippen LogP contribution < -0.4 is 0 Å². The van der Waals surface area contributed by atoms with Gasteiger partial charge in [0, 0.05) is 0 Å². The van der Waals surface area contributed by atoms with Crippen molar-refractivity contribution in [3.63, 3.8) is 0 Å². The van der Waals surface area contributed by atoms with E-state index in [0.29, 0.717) is 12.0 Å². The first-order valence-electron chi connectivity index (χ1n) is 4.86. The van der Waals surface area contributed by atoms with Crippen molar-refractivity contribution in [3.8, 4) is 6.26 Å². The quantitative estimate of drug-likeness (QED) is 0.475. The standard InChI is InChI=1S/C10H15NO/c11-8-12-6-5-10-3-1-9(7-10)2-4-10/h9H,1-7H2. The number of nitriles is 1. The van der Waals surface area contributed by atoms with Crippen LogP contribution in [0.2, 0.25) is 0 Å². The zero-order valence-electron chi connectivity index (χ0n) is 7.38. The molecular weight excluding hydrogens is 150 g/mol. The molecule has 2 aliphatic carbocycles. The Morgan fingerprint density at radius 2 is 2.17 bits per heavy atom. The van der Waals surface area contributed by atoms with Gasteiger partial charge in [0.15, 0.2) is 0 Å². The minimum atomic E-state index is 0.585. The average Bonchev–Trinajstić information content (AvgIpc) is 2.64. The van der Waals surface area contributed by atoms with Crippen LogP contribution in [0, 0.1) is 22.9 Å². The number of hydrogen-bond donors (Lipinski definition) is 0. The van der Waals surface area contributed by atoms with Gasteiger partial charge in [-0.1, -0.05) is 0 Å². The van der Waals surface area contributed by atoms with Gasteiger partial charge < -0.3 is 4.74 Å². The molecule has 2 aliphatic rings. The minimum absolute atomic E-state index is 0.585. The Kier molecular flexibility index (Phi) is 1.96. The highest BCUT2D eigenvalue weighted by atomic mass is 16.5. The fourth-order valence-electron chi connectivity index (χ4n) is 2.98. The van der Waals surface area contributed by atoms with E-state index in [9.17, 15) is 0 Å². The van der Waals surface area contributed by atoms with Gasteiger partial charge in [0.1, 0.15) is 6.61 Å². The predicted molar refractivity (Wildman–Crippen MR) is 45.2 cm³/mol. The third-order valence-corrected chi connectivity index (χ3v) is 3.69. The van der Waals surface area contributed by atoms with Crippen LogP contribution in [0.25, 0.3) is 0 Å². The Labute approximate surface area is 73.5 Å². The van der Waals surface area contributed by atoms with Crippen molar-refractivity contribution in [1.29, 1.82) is 5.26 Å². The van der Waals surface area contributed by atoms with Crippen molar-refractivity contribution >= 4 is 0 Å². The molecule has 0 spiro atoms. The van der Waals surface area contributed by atoms with Gasteiger partial charge in [-0.05, 0) is 49.9 Å². The molecule has 0 aliphatic heterocycles. The van der Waals surface area contributed by atoms with Crippen LogP contribution in [0.3, 0.4) is 0 Å². The van der Waals surface area contributed by atoms with E-state index in [1.54, 1.807) is 6.26 Å². The average molecular weight is 165 g/mol. The second kappa shape index (κ2) is 2.97. The molecule has 0 saturated heterocycles. The van der Waals surface area contributed by atoms with Gasteiger partial charge in [-0.15, -0.1) is 0 Å². The summed E-state index contributed by atoms with van der Waals surface area (Å²) in [6, 6.07) is 0. The minimum Gasteiger partial charge on any atom is -0.427 e. The molecule has 0 atom stereocenters. The second-order valence-corrected chi connectivity index (χ2v) is 4.34. The van der Waals surface area contributed by atoms with Gasteiger partial charge in [0.05, 0.1) is 0 Å². The molecule has 66 valence electrons. The lowest BCUT2D eigenvalue weighted by Crippen LogP contribution is -2.15. The monoisotopic (exact) mass is 165 g/mol. The largest absolute Gasteiger partial charge is 0.427 e. The van der Waals surface area contributed by atoms with E-state index >= 15 is 0 Å². The summed E-state index contributed by atoms with van der Waals surface area (Å²) < 4.78 is 4.75. The first-order valence-corrected chi connectivity index (χ1v) is 4.86. The van der Waals surface area contributed by atoms with Gasteiger partial charge in [-0.25, -0.2) is 0 Å². The molecule has 2 nitrogen and oxygen atoms in total. The lowest BCUT2D eigenvalue weighted by atomic mass is 9.81. The fourth-order valence-corrected chi connectivity index (χ4v) is 2.98. The SMILES string of the molecule is N#COCCC12CCC(CC1)C2. The van der Waals surface area contributed by atoms with Gasteiger partial charge in [0.2, 0.25) is 0 Å². The van der Waals surface area contributed by atoms with Crippen LogP contribution in [0.1, 0.15) is 38.5 Å². The van der Waals surface area contributed by atoms with Crippen LogP contribution in [-0.2, 0) is 4.74 Å². The summed E-state index contributed by atoms with van der Waals surface area (Å²) >= 11 is 0. The molecule has 2 bridgehead atoms. The normalized spacial score (nSPS) is 38.1. The van der Waals surface area contributed by atoms with Gasteiger partial charge in [-0.3, -0.25) is 0 Å². The van der Waals surface area contributed by atoms with E-state index in [2.05, 4.69) is 0 Å². The summed E-state index contributed by atoms with van der Waals surface area (Å²) in [4.78, 5) is 0. The molecule has 2 saturated carbocycles. The first-order chi connectivity index (χ1) is 5.85. The highest BCUT2D eigenvalue weighted by Gasteiger charge is 2.44.